The molecule has 0 bridgehead atoms. The molecule has 0 saturated heterocycles. The summed E-state index contributed by atoms with van der Waals surface area (Å²) < 4.78 is 0. The normalized spacial score (nSPS) is 10.4. The van der Waals surface area contributed by atoms with E-state index in [9.17, 15) is 0 Å². The minimum absolute atomic E-state index is 0.796. The number of aryl methyl sites for hydroxylation is 1. The molecule has 98 valence electrons. The quantitative estimate of drug-likeness (QED) is 0.650. The molecule has 0 aliphatic carbocycles. The van der Waals surface area contributed by atoms with Crippen molar-refractivity contribution in [1.82, 2.24) is 0 Å². The van der Waals surface area contributed by atoms with Gasteiger partial charge in [0.15, 0.2) is 0 Å². The molecule has 0 radical (unpaired) electrons. The van der Waals surface area contributed by atoms with E-state index in [0.29, 0.717) is 0 Å². The molecule has 2 N–H and O–H groups in total. The first-order valence-corrected chi connectivity index (χ1v) is 6.75. The van der Waals surface area contributed by atoms with Crippen molar-refractivity contribution in [2.75, 3.05) is 5.73 Å². The highest BCUT2D eigenvalue weighted by Crippen LogP contribution is 2.26. The lowest BCUT2D eigenvalue weighted by molar-refractivity contribution is 1.47. The Morgan fingerprint density at radius 1 is 0.600 bits per heavy atom. The summed E-state index contributed by atoms with van der Waals surface area (Å²) in [5.74, 6) is 0. The summed E-state index contributed by atoms with van der Waals surface area (Å²) in [5.41, 5.74) is 12.7. The maximum Gasteiger partial charge on any atom is 0.0320 e. The van der Waals surface area contributed by atoms with Gasteiger partial charge in [-0.3, -0.25) is 0 Å². The molecule has 0 aromatic heterocycles. The number of nitrogens with two attached hydrogens (primary N) is 1. The molecule has 0 heterocycles. The van der Waals surface area contributed by atoms with E-state index in [2.05, 4.69) is 61.5 Å². The van der Waals surface area contributed by atoms with Gasteiger partial charge in [-0.05, 0) is 41.3 Å². The van der Waals surface area contributed by atoms with Crippen LogP contribution in [-0.2, 0) is 0 Å². The van der Waals surface area contributed by atoms with Crippen LogP contribution < -0.4 is 5.73 Å². The molecular weight excluding hydrogens is 242 g/mol. The maximum atomic E-state index is 5.83. The van der Waals surface area contributed by atoms with E-state index in [1.54, 1.807) is 0 Å². The fraction of sp³-hybridized carbons (Fsp3) is 0.0526. The van der Waals surface area contributed by atoms with Crippen molar-refractivity contribution in [1.29, 1.82) is 0 Å². The standard InChI is InChI=1S/C19H17N/c1-14-5-7-15(8-6-14)16-9-11-17(12-10-16)18-3-2-4-19(20)13-18/h2-13H,20H2,1H3. The molecule has 0 saturated carbocycles. The predicted molar refractivity (Wildman–Crippen MR) is 86.5 cm³/mol. The zero-order valence-corrected chi connectivity index (χ0v) is 11.5. The molecule has 1 nitrogen and oxygen atoms in total. The average molecular weight is 259 g/mol. The number of rotatable bonds is 2. The minimum atomic E-state index is 0.796. The third-order valence-electron chi connectivity index (χ3n) is 3.49. The number of anilines is 1. The second kappa shape index (κ2) is 5.22. The van der Waals surface area contributed by atoms with Gasteiger partial charge in [0, 0.05) is 5.69 Å². The molecule has 1 heteroatoms. The van der Waals surface area contributed by atoms with Crippen LogP contribution in [0.15, 0.2) is 72.8 Å². The van der Waals surface area contributed by atoms with Crippen molar-refractivity contribution < 1.29 is 0 Å². The van der Waals surface area contributed by atoms with Gasteiger partial charge >= 0.3 is 0 Å². The topological polar surface area (TPSA) is 26.0 Å². The lowest BCUT2D eigenvalue weighted by Gasteiger charge is -2.06. The smallest absolute Gasteiger partial charge is 0.0320 e. The summed E-state index contributed by atoms with van der Waals surface area (Å²) in [5, 5.41) is 0. The van der Waals surface area contributed by atoms with Gasteiger partial charge in [-0.25, -0.2) is 0 Å². The van der Waals surface area contributed by atoms with Gasteiger partial charge < -0.3 is 5.73 Å². The molecule has 0 amide bonds. The third kappa shape index (κ3) is 2.57. The number of benzene rings is 3. The SMILES string of the molecule is Cc1ccc(-c2ccc(-c3cccc(N)c3)cc2)cc1. The van der Waals surface area contributed by atoms with Crippen LogP contribution in [0.2, 0.25) is 0 Å². The Morgan fingerprint density at radius 3 is 1.65 bits per heavy atom. The first-order valence-electron chi connectivity index (χ1n) is 6.75. The highest BCUT2D eigenvalue weighted by molar-refractivity contribution is 5.72. The highest BCUT2D eigenvalue weighted by Gasteiger charge is 2.00. The molecule has 3 aromatic rings. The van der Waals surface area contributed by atoms with E-state index in [1.807, 2.05) is 18.2 Å². The van der Waals surface area contributed by atoms with Gasteiger partial charge in [0.25, 0.3) is 0 Å². The van der Waals surface area contributed by atoms with Crippen LogP contribution in [-0.4, -0.2) is 0 Å². The molecule has 0 fully saturated rings. The van der Waals surface area contributed by atoms with E-state index in [4.69, 9.17) is 5.73 Å². The Bertz CT molecular complexity index is 710. The predicted octanol–water partition coefficient (Wildman–Crippen LogP) is 4.91. The summed E-state index contributed by atoms with van der Waals surface area (Å²) in [6, 6.07) is 25.2. The zero-order valence-electron chi connectivity index (χ0n) is 11.5. The molecule has 0 atom stereocenters. The Balaban J connectivity index is 1.93. The molecule has 0 spiro atoms. The van der Waals surface area contributed by atoms with Crippen LogP contribution in [0.5, 0.6) is 0 Å². The van der Waals surface area contributed by atoms with Crippen LogP contribution in [0.4, 0.5) is 5.69 Å². The molecule has 0 unspecified atom stereocenters. The first-order chi connectivity index (χ1) is 9.72. The average Bonchev–Trinajstić information content (AvgIpc) is 2.48. The number of hydrogen-bond donors (Lipinski definition) is 1. The summed E-state index contributed by atoms with van der Waals surface area (Å²) in [6.07, 6.45) is 0. The van der Waals surface area contributed by atoms with Gasteiger partial charge in [0.2, 0.25) is 0 Å². The molecule has 3 aromatic carbocycles. The van der Waals surface area contributed by atoms with Crippen LogP contribution in [0.1, 0.15) is 5.56 Å². The van der Waals surface area contributed by atoms with Gasteiger partial charge in [0.05, 0.1) is 0 Å². The lowest BCUT2D eigenvalue weighted by atomic mass is 9.99. The van der Waals surface area contributed by atoms with Crippen LogP contribution in [0.3, 0.4) is 0 Å². The van der Waals surface area contributed by atoms with Gasteiger partial charge in [0.1, 0.15) is 0 Å². The van der Waals surface area contributed by atoms with Crippen LogP contribution >= 0.6 is 0 Å². The lowest BCUT2D eigenvalue weighted by Crippen LogP contribution is -1.85. The Hall–Kier alpha value is -2.54. The Morgan fingerprint density at radius 2 is 1.10 bits per heavy atom. The van der Waals surface area contributed by atoms with Crippen molar-refractivity contribution in [3.63, 3.8) is 0 Å². The van der Waals surface area contributed by atoms with Gasteiger partial charge in [-0.1, -0.05) is 66.2 Å². The number of nitrogen functional groups attached to an aromatic ring is 1. The fourth-order valence-electron chi connectivity index (χ4n) is 2.32. The molecular formula is C19H17N. The van der Waals surface area contributed by atoms with Crippen LogP contribution in [0, 0.1) is 6.92 Å². The van der Waals surface area contributed by atoms with Crippen molar-refractivity contribution in [3.05, 3.63) is 78.4 Å². The molecule has 0 aliphatic heterocycles. The molecule has 20 heavy (non-hydrogen) atoms. The maximum absolute atomic E-state index is 5.83. The van der Waals surface area contributed by atoms with Gasteiger partial charge in [-0.15, -0.1) is 0 Å². The second-order valence-corrected chi connectivity index (χ2v) is 5.07. The fourth-order valence-corrected chi connectivity index (χ4v) is 2.32. The monoisotopic (exact) mass is 259 g/mol. The largest absolute Gasteiger partial charge is 0.399 e. The van der Waals surface area contributed by atoms with E-state index in [0.717, 1.165) is 11.3 Å². The van der Waals surface area contributed by atoms with E-state index in [-0.39, 0.29) is 0 Å². The summed E-state index contributed by atoms with van der Waals surface area (Å²) in [7, 11) is 0. The highest BCUT2D eigenvalue weighted by atomic mass is 14.5. The first kappa shape index (κ1) is 12.5. The minimum Gasteiger partial charge on any atom is -0.399 e. The second-order valence-electron chi connectivity index (χ2n) is 5.07. The van der Waals surface area contributed by atoms with Crippen molar-refractivity contribution in [2.24, 2.45) is 0 Å². The van der Waals surface area contributed by atoms with E-state index in [1.165, 1.54) is 22.3 Å². The van der Waals surface area contributed by atoms with Crippen molar-refractivity contribution >= 4 is 5.69 Å². The zero-order chi connectivity index (χ0) is 13.9. The molecule has 0 aliphatic rings. The Kier molecular flexibility index (Phi) is 3.26. The van der Waals surface area contributed by atoms with Gasteiger partial charge in [-0.2, -0.15) is 0 Å². The third-order valence-corrected chi connectivity index (χ3v) is 3.49. The van der Waals surface area contributed by atoms with Crippen molar-refractivity contribution in [2.45, 2.75) is 6.92 Å². The van der Waals surface area contributed by atoms with E-state index >= 15 is 0 Å². The number of hydrogen-bond acceptors (Lipinski definition) is 1. The van der Waals surface area contributed by atoms with Crippen molar-refractivity contribution in [3.8, 4) is 22.3 Å². The Labute approximate surface area is 119 Å². The van der Waals surface area contributed by atoms with Crippen LogP contribution in [0.25, 0.3) is 22.3 Å². The summed E-state index contributed by atoms with van der Waals surface area (Å²) in [6.45, 7) is 2.10. The molecule has 3 rings (SSSR count). The van der Waals surface area contributed by atoms with E-state index < -0.39 is 0 Å². The summed E-state index contributed by atoms with van der Waals surface area (Å²) >= 11 is 0. The summed E-state index contributed by atoms with van der Waals surface area (Å²) in [4.78, 5) is 0.